The van der Waals surface area contributed by atoms with Crippen molar-refractivity contribution in [1.29, 1.82) is 0 Å². The number of aryl methyl sites for hydroxylation is 1. The van der Waals surface area contributed by atoms with E-state index in [9.17, 15) is 35.2 Å². The maximum atomic E-state index is 14.2. The van der Waals surface area contributed by atoms with Crippen molar-refractivity contribution in [3.05, 3.63) is 70.3 Å². The van der Waals surface area contributed by atoms with Crippen LogP contribution in [0.25, 0.3) is 6.08 Å². The maximum absolute atomic E-state index is 14.2. The molecule has 0 aromatic heterocycles. The van der Waals surface area contributed by atoms with Crippen LogP contribution in [-0.4, -0.2) is 20.6 Å². The Morgan fingerprint density at radius 2 is 1.73 bits per heavy atom. The third-order valence-corrected chi connectivity index (χ3v) is 5.19. The van der Waals surface area contributed by atoms with Crippen LogP contribution < -0.4 is 10.0 Å². The zero-order valence-electron chi connectivity index (χ0n) is 18.1. The van der Waals surface area contributed by atoms with Gasteiger partial charge in [-0.2, -0.15) is 13.2 Å². The number of halogens is 5. The van der Waals surface area contributed by atoms with Crippen LogP contribution in [0.1, 0.15) is 48.6 Å². The Morgan fingerprint density at radius 1 is 1.12 bits per heavy atom. The van der Waals surface area contributed by atoms with Gasteiger partial charge < -0.3 is 5.32 Å². The molecule has 0 saturated carbocycles. The van der Waals surface area contributed by atoms with Crippen molar-refractivity contribution in [2.24, 2.45) is 0 Å². The number of carbonyl (C=O) groups is 1. The number of alkyl halides is 3. The summed E-state index contributed by atoms with van der Waals surface area (Å²) in [6.07, 6.45) is -0.259. The van der Waals surface area contributed by atoms with Crippen LogP contribution >= 0.6 is 0 Å². The normalized spacial score (nSPS) is 13.2. The van der Waals surface area contributed by atoms with Gasteiger partial charge in [0, 0.05) is 6.08 Å². The van der Waals surface area contributed by atoms with E-state index in [1.165, 1.54) is 19.1 Å². The quantitative estimate of drug-likeness (QED) is 0.395. The number of benzene rings is 2. The Kier molecular flexibility index (Phi) is 8.23. The van der Waals surface area contributed by atoms with E-state index in [1.807, 2.05) is 6.92 Å². The van der Waals surface area contributed by atoms with Gasteiger partial charge in [0.1, 0.15) is 5.69 Å². The maximum Gasteiger partial charge on any atom is 0.416 e. The van der Waals surface area contributed by atoms with Crippen molar-refractivity contribution in [1.82, 2.24) is 5.32 Å². The predicted octanol–water partition coefficient (Wildman–Crippen LogP) is 5.20. The Labute approximate surface area is 188 Å². The first-order chi connectivity index (χ1) is 15.2. The third-order valence-electron chi connectivity index (χ3n) is 4.61. The van der Waals surface area contributed by atoms with Crippen LogP contribution in [0, 0.1) is 11.6 Å². The van der Waals surface area contributed by atoms with E-state index >= 15 is 0 Å². The Morgan fingerprint density at radius 3 is 2.24 bits per heavy atom. The molecule has 0 aliphatic rings. The fraction of sp³-hybridized carbons (Fsp3) is 0.318. The molecule has 0 spiro atoms. The standard InChI is InChI=1S/C22H23F5N2O3S/c1-4-5-15-10-17(22(25,26)27)8-6-14(15)7-9-20(30)28-13(2)16-11-18(23)21(19(24)12-16)29-33(3,31)32/h6-13,29H,4-5H2,1-3H3,(H,28,30)/b9-7-/t13-/m1/s1. The summed E-state index contributed by atoms with van der Waals surface area (Å²) in [5.74, 6) is -2.94. The molecule has 0 aliphatic heterocycles. The lowest BCUT2D eigenvalue weighted by molar-refractivity contribution is -0.137. The van der Waals surface area contributed by atoms with Gasteiger partial charge in [-0.15, -0.1) is 0 Å². The molecule has 2 aromatic carbocycles. The minimum atomic E-state index is -4.48. The molecular formula is C22H23F5N2O3S. The van der Waals surface area contributed by atoms with Crippen LogP contribution in [-0.2, 0) is 27.4 Å². The highest BCUT2D eigenvalue weighted by molar-refractivity contribution is 7.92. The van der Waals surface area contributed by atoms with Crippen molar-refractivity contribution in [3.63, 3.8) is 0 Å². The van der Waals surface area contributed by atoms with Crippen LogP contribution in [0.2, 0.25) is 0 Å². The van der Waals surface area contributed by atoms with Crippen molar-refractivity contribution >= 4 is 27.7 Å². The molecule has 0 heterocycles. The van der Waals surface area contributed by atoms with Crippen LogP contribution in [0.15, 0.2) is 36.4 Å². The Hall–Kier alpha value is -2.95. The predicted molar refractivity (Wildman–Crippen MR) is 116 cm³/mol. The van der Waals surface area contributed by atoms with Gasteiger partial charge in [0.15, 0.2) is 11.6 Å². The first-order valence-corrected chi connectivity index (χ1v) is 11.8. The largest absolute Gasteiger partial charge is 0.416 e. The topological polar surface area (TPSA) is 75.3 Å². The lowest BCUT2D eigenvalue weighted by Crippen LogP contribution is -2.25. The average molecular weight is 490 g/mol. The summed E-state index contributed by atoms with van der Waals surface area (Å²) in [6, 6.07) is 4.18. The zero-order chi connectivity index (χ0) is 25.0. The molecule has 5 nitrogen and oxygen atoms in total. The van der Waals surface area contributed by atoms with Gasteiger partial charge in [0.25, 0.3) is 0 Å². The SMILES string of the molecule is CCCc1cc(C(F)(F)F)ccc1/C=C\C(=O)N[C@H](C)c1cc(F)c(NS(C)(=O)=O)c(F)c1. The van der Waals surface area contributed by atoms with E-state index in [0.717, 1.165) is 36.6 Å². The summed E-state index contributed by atoms with van der Waals surface area (Å²) in [7, 11) is -3.90. The Balaban J connectivity index is 2.18. The number of amides is 1. The number of rotatable bonds is 8. The fourth-order valence-corrected chi connectivity index (χ4v) is 3.63. The summed E-state index contributed by atoms with van der Waals surface area (Å²) in [5, 5.41) is 2.50. The van der Waals surface area contributed by atoms with Crippen molar-refractivity contribution in [2.75, 3.05) is 11.0 Å². The number of hydrogen-bond donors (Lipinski definition) is 2. The van der Waals surface area contributed by atoms with Gasteiger partial charge in [0.2, 0.25) is 15.9 Å². The molecule has 1 atom stereocenters. The van der Waals surface area contributed by atoms with Gasteiger partial charge >= 0.3 is 6.18 Å². The van der Waals surface area contributed by atoms with Crippen LogP contribution in [0.5, 0.6) is 0 Å². The van der Waals surface area contributed by atoms with Crippen LogP contribution in [0.4, 0.5) is 27.6 Å². The van der Waals surface area contributed by atoms with Crippen molar-refractivity contribution in [3.8, 4) is 0 Å². The molecule has 2 aromatic rings. The molecule has 1 amide bonds. The summed E-state index contributed by atoms with van der Waals surface area (Å²) in [5.41, 5.74) is -0.681. The van der Waals surface area contributed by atoms with E-state index in [4.69, 9.17) is 0 Å². The van der Waals surface area contributed by atoms with Crippen molar-refractivity contribution < 1.29 is 35.2 Å². The molecule has 0 aliphatic carbocycles. The molecular weight excluding hydrogens is 467 g/mol. The van der Waals surface area contributed by atoms with E-state index in [0.29, 0.717) is 24.0 Å². The van der Waals surface area contributed by atoms with E-state index in [-0.39, 0.29) is 5.56 Å². The lowest BCUT2D eigenvalue weighted by Gasteiger charge is -2.15. The minimum Gasteiger partial charge on any atom is -0.346 e. The smallest absolute Gasteiger partial charge is 0.346 e. The molecule has 33 heavy (non-hydrogen) atoms. The summed E-state index contributed by atoms with van der Waals surface area (Å²) in [4.78, 5) is 12.3. The molecule has 0 bridgehead atoms. The van der Waals surface area contributed by atoms with Crippen LogP contribution in [0.3, 0.4) is 0 Å². The number of anilines is 1. The molecule has 0 saturated heterocycles. The monoisotopic (exact) mass is 490 g/mol. The molecule has 180 valence electrons. The lowest BCUT2D eigenvalue weighted by atomic mass is 9.99. The zero-order valence-corrected chi connectivity index (χ0v) is 18.9. The second kappa shape index (κ2) is 10.3. The second-order valence-electron chi connectivity index (χ2n) is 7.46. The van der Waals surface area contributed by atoms with Crippen molar-refractivity contribution in [2.45, 2.75) is 38.9 Å². The first-order valence-electron chi connectivity index (χ1n) is 9.86. The Bertz CT molecular complexity index is 1140. The average Bonchev–Trinajstić information content (AvgIpc) is 2.68. The fourth-order valence-electron chi connectivity index (χ4n) is 3.07. The summed E-state index contributed by atoms with van der Waals surface area (Å²) < 4.78 is 91.4. The molecule has 0 fully saturated rings. The van der Waals surface area contributed by atoms with Gasteiger partial charge in [0.05, 0.1) is 17.9 Å². The highest BCUT2D eigenvalue weighted by atomic mass is 32.2. The molecule has 0 radical (unpaired) electrons. The second-order valence-corrected chi connectivity index (χ2v) is 9.21. The van der Waals surface area contributed by atoms with E-state index in [1.54, 1.807) is 4.72 Å². The molecule has 0 unspecified atom stereocenters. The third kappa shape index (κ3) is 7.55. The number of nitrogens with one attached hydrogen (secondary N) is 2. The number of carbonyl (C=O) groups excluding carboxylic acids is 1. The number of sulfonamides is 1. The van der Waals surface area contributed by atoms with E-state index < -0.39 is 51.0 Å². The molecule has 2 N–H and O–H groups in total. The minimum absolute atomic E-state index is 0.0482. The first kappa shape index (κ1) is 26.3. The highest BCUT2D eigenvalue weighted by Crippen LogP contribution is 2.31. The number of hydrogen-bond acceptors (Lipinski definition) is 3. The summed E-state index contributed by atoms with van der Waals surface area (Å²) >= 11 is 0. The molecule has 11 heteroatoms. The highest BCUT2D eigenvalue weighted by Gasteiger charge is 2.30. The summed E-state index contributed by atoms with van der Waals surface area (Å²) in [6.45, 7) is 3.28. The van der Waals surface area contributed by atoms with Gasteiger partial charge in [-0.1, -0.05) is 19.4 Å². The van der Waals surface area contributed by atoms with E-state index in [2.05, 4.69) is 5.32 Å². The van der Waals surface area contributed by atoms with Gasteiger partial charge in [-0.05, 0) is 60.4 Å². The van der Waals surface area contributed by atoms with Gasteiger partial charge in [-0.25, -0.2) is 17.2 Å². The molecule has 2 rings (SSSR count). The van der Waals surface area contributed by atoms with Gasteiger partial charge in [-0.3, -0.25) is 9.52 Å².